The highest BCUT2D eigenvalue weighted by Gasteiger charge is 2.36. The molecule has 33 heavy (non-hydrogen) atoms. The summed E-state index contributed by atoms with van der Waals surface area (Å²) in [7, 11) is 3.10. The molecule has 0 radical (unpaired) electrons. The minimum absolute atomic E-state index is 0.149. The van der Waals surface area contributed by atoms with Crippen molar-refractivity contribution in [2.45, 2.75) is 25.3 Å². The molecule has 1 amide bonds. The predicted octanol–water partition coefficient (Wildman–Crippen LogP) is 5.69. The molecule has 3 rings (SSSR count). The van der Waals surface area contributed by atoms with Crippen LogP contribution in [0.15, 0.2) is 42.5 Å². The van der Waals surface area contributed by atoms with Crippen LogP contribution < -0.4 is 14.8 Å². The fourth-order valence-corrected chi connectivity index (χ4v) is 4.92. The van der Waals surface area contributed by atoms with Crippen molar-refractivity contribution in [1.29, 1.82) is 0 Å². The number of benzene rings is 2. The molecular formula is C24H24Cl3NO5. The van der Waals surface area contributed by atoms with Gasteiger partial charge in [-0.1, -0.05) is 47.0 Å². The molecule has 9 heteroatoms. The van der Waals surface area contributed by atoms with Crippen LogP contribution in [0.25, 0.3) is 0 Å². The van der Waals surface area contributed by atoms with Gasteiger partial charge in [-0.3, -0.25) is 9.59 Å². The van der Waals surface area contributed by atoms with Gasteiger partial charge in [0.15, 0.2) is 0 Å². The van der Waals surface area contributed by atoms with Crippen molar-refractivity contribution >= 4 is 46.7 Å². The molecule has 2 aromatic rings. The first-order valence-electron chi connectivity index (χ1n) is 10.3. The number of amides is 1. The van der Waals surface area contributed by atoms with E-state index in [1.165, 1.54) is 12.1 Å². The van der Waals surface area contributed by atoms with Gasteiger partial charge in [0.1, 0.15) is 11.5 Å². The zero-order valence-corrected chi connectivity index (χ0v) is 20.6. The number of carbonyl (C=O) groups is 2. The molecule has 0 saturated carbocycles. The van der Waals surface area contributed by atoms with E-state index in [1.54, 1.807) is 39.3 Å². The number of hydrogen-bond acceptors (Lipinski definition) is 5. The van der Waals surface area contributed by atoms with E-state index in [1.807, 2.05) is 12.2 Å². The fourth-order valence-electron chi connectivity index (χ4n) is 3.93. The molecule has 1 aliphatic rings. The third kappa shape index (κ3) is 5.75. The lowest BCUT2D eigenvalue weighted by molar-refractivity contribution is -0.146. The first-order chi connectivity index (χ1) is 15.8. The van der Waals surface area contributed by atoms with Crippen LogP contribution in [0, 0.1) is 5.92 Å². The normalized spacial score (nSPS) is 18.0. The minimum Gasteiger partial charge on any atom is -0.497 e. The van der Waals surface area contributed by atoms with Gasteiger partial charge in [0, 0.05) is 16.6 Å². The molecule has 0 aromatic heterocycles. The summed E-state index contributed by atoms with van der Waals surface area (Å²) >= 11 is 18.3. The number of nitrogens with one attached hydrogen (secondary N) is 1. The lowest BCUT2D eigenvalue weighted by Crippen LogP contribution is -2.34. The highest BCUT2D eigenvalue weighted by molar-refractivity contribution is 6.42. The number of hydrogen-bond donors (Lipinski definition) is 1. The van der Waals surface area contributed by atoms with Crippen molar-refractivity contribution in [2.75, 3.05) is 20.8 Å². The summed E-state index contributed by atoms with van der Waals surface area (Å²) in [5, 5.41) is 3.57. The first-order valence-corrected chi connectivity index (χ1v) is 11.4. The van der Waals surface area contributed by atoms with Crippen molar-refractivity contribution in [1.82, 2.24) is 5.32 Å². The van der Waals surface area contributed by atoms with Gasteiger partial charge in [-0.25, -0.2) is 0 Å². The lowest BCUT2D eigenvalue weighted by atomic mass is 9.84. The molecule has 1 N–H and O–H groups in total. The Morgan fingerprint density at radius 2 is 1.76 bits per heavy atom. The fraction of sp³-hybridized carbons (Fsp3) is 0.333. The van der Waals surface area contributed by atoms with Crippen LogP contribution in [0.1, 0.15) is 35.2 Å². The topological polar surface area (TPSA) is 73.9 Å². The van der Waals surface area contributed by atoms with Crippen LogP contribution in [0.3, 0.4) is 0 Å². The number of carbonyl (C=O) groups excluding carboxylic acids is 2. The monoisotopic (exact) mass is 511 g/mol. The standard InChI is InChI=1S/C24H24Cl3NO5/c1-4-33-24(30)21(17-12-16(31-2)7-8-20(17)32-3)13-5-6-15(9-13)28-23(29)22-18(26)10-14(25)11-19(22)27/h5-8,10-13,15,21H,4,9H2,1-3H3,(H,28,29)/t13-,15+,21+/m1/s1. The summed E-state index contributed by atoms with van der Waals surface area (Å²) in [5.41, 5.74) is 0.803. The van der Waals surface area contributed by atoms with Gasteiger partial charge < -0.3 is 19.5 Å². The predicted molar refractivity (Wildman–Crippen MR) is 129 cm³/mol. The van der Waals surface area contributed by atoms with Crippen molar-refractivity contribution in [3.63, 3.8) is 0 Å². The third-order valence-corrected chi connectivity index (χ3v) is 6.22. The Bertz CT molecular complexity index is 1050. The Kier molecular flexibility index (Phi) is 8.51. The first kappa shape index (κ1) is 25.2. The Morgan fingerprint density at radius 3 is 2.36 bits per heavy atom. The summed E-state index contributed by atoms with van der Waals surface area (Å²) in [4.78, 5) is 25.8. The zero-order chi connectivity index (χ0) is 24.1. The van der Waals surface area contributed by atoms with Crippen LogP contribution in [0.4, 0.5) is 0 Å². The molecule has 0 spiro atoms. The zero-order valence-electron chi connectivity index (χ0n) is 18.4. The second-order valence-electron chi connectivity index (χ2n) is 7.45. The minimum atomic E-state index is -0.643. The van der Waals surface area contributed by atoms with Crippen LogP contribution in [-0.2, 0) is 9.53 Å². The highest BCUT2D eigenvalue weighted by atomic mass is 35.5. The number of esters is 1. The second-order valence-corrected chi connectivity index (χ2v) is 8.70. The number of methoxy groups -OCH3 is 2. The third-order valence-electron chi connectivity index (χ3n) is 5.41. The van der Waals surface area contributed by atoms with E-state index >= 15 is 0 Å². The molecule has 2 aromatic carbocycles. The molecule has 0 heterocycles. The maximum Gasteiger partial charge on any atom is 0.314 e. The van der Waals surface area contributed by atoms with Gasteiger partial charge in [-0.2, -0.15) is 0 Å². The van der Waals surface area contributed by atoms with Crippen LogP contribution in [0.2, 0.25) is 15.1 Å². The van der Waals surface area contributed by atoms with Crippen molar-refractivity contribution < 1.29 is 23.8 Å². The number of allylic oxidation sites excluding steroid dienone is 1. The molecule has 3 atom stereocenters. The van der Waals surface area contributed by atoms with Crippen molar-refractivity contribution in [3.05, 3.63) is 68.7 Å². The Morgan fingerprint density at radius 1 is 1.06 bits per heavy atom. The van der Waals surface area contributed by atoms with Gasteiger partial charge in [-0.05, 0) is 49.6 Å². The molecule has 0 fully saturated rings. The van der Waals surface area contributed by atoms with E-state index in [0.29, 0.717) is 28.5 Å². The van der Waals surface area contributed by atoms with Gasteiger partial charge in [0.25, 0.3) is 5.91 Å². The molecule has 0 bridgehead atoms. The molecular weight excluding hydrogens is 489 g/mol. The summed E-state index contributed by atoms with van der Waals surface area (Å²) < 4.78 is 16.2. The average molecular weight is 513 g/mol. The van der Waals surface area contributed by atoms with Crippen LogP contribution >= 0.6 is 34.8 Å². The Hall–Kier alpha value is -2.41. The quantitative estimate of drug-likeness (QED) is 0.363. The second kappa shape index (κ2) is 11.1. The molecule has 1 aliphatic carbocycles. The van der Waals surface area contributed by atoms with E-state index in [4.69, 9.17) is 49.0 Å². The number of rotatable bonds is 8. The molecule has 0 saturated heterocycles. The van der Waals surface area contributed by atoms with E-state index in [0.717, 1.165) is 0 Å². The summed E-state index contributed by atoms with van der Waals surface area (Å²) in [5.74, 6) is -0.547. The Balaban J connectivity index is 1.84. The molecule has 6 nitrogen and oxygen atoms in total. The summed E-state index contributed by atoms with van der Waals surface area (Å²) in [6.45, 7) is 2.00. The van der Waals surface area contributed by atoms with E-state index in [-0.39, 0.29) is 40.1 Å². The van der Waals surface area contributed by atoms with Gasteiger partial charge in [-0.15, -0.1) is 0 Å². The Labute approximate surface area is 207 Å². The summed E-state index contributed by atoms with van der Waals surface area (Å²) in [6, 6.07) is 7.87. The van der Waals surface area contributed by atoms with Crippen LogP contribution in [0.5, 0.6) is 11.5 Å². The summed E-state index contributed by atoms with van der Waals surface area (Å²) in [6.07, 6.45) is 4.22. The SMILES string of the molecule is CCOC(=O)[C@H](c1cc(OC)ccc1OC)[C@@H]1C=C[C@H](NC(=O)c2c(Cl)cc(Cl)cc2Cl)C1. The maximum absolute atomic E-state index is 13.0. The van der Waals surface area contributed by atoms with E-state index < -0.39 is 11.8 Å². The number of halogens is 3. The van der Waals surface area contributed by atoms with Crippen molar-refractivity contribution in [3.8, 4) is 11.5 Å². The molecule has 0 unspecified atom stereocenters. The smallest absolute Gasteiger partial charge is 0.314 e. The van der Waals surface area contributed by atoms with Crippen LogP contribution in [-0.4, -0.2) is 38.7 Å². The van der Waals surface area contributed by atoms with Gasteiger partial charge >= 0.3 is 5.97 Å². The largest absolute Gasteiger partial charge is 0.497 e. The average Bonchev–Trinajstić information content (AvgIpc) is 3.21. The number of ether oxygens (including phenoxy) is 3. The van der Waals surface area contributed by atoms with Gasteiger partial charge in [0.2, 0.25) is 0 Å². The molecule has 0 aliphatic heterocycles. The van der Waals surface area contributed by atoms with Gasteiger partial charge in [0.05, 0.1) is 42.4 Å². The van der Waals surface area contributed by atoms with E-state index in [2.05, 4.69) is 5.32 Å². The molecule has 176 valence electrons. The van der Waals surface area contributed by atoms with E-state index in [9.17, 15) is 9.59 Å². The maximum atomic E-state index is 13.0. The lowest BCUT2D eigenvalue weighted by Gasteiger charge is -2.24. The van der Waals surface area contributed by atoms with Crippen molar-refractivity contribution in [2.24, 2.45) is 5.92 Å². The highest BCUT2D eigenvalue weighted by Crippen LogP contribution is 2.40.